The Morgan fingerprint density at radius 3 is 2.65 bits per heavy atom. The molecule has 1 saturated carbocycles. The molecule has 1 aromatic heterocycles. The lowest BCUT2D eigenvalue weighted by atomic mass is 9.78. The van der Waals surface area contributed by atoms with Crippen molar-refractivity contribution in [3.63, 3.8) is 0 Å². The van der Waals surface area contributed by atoms with Gasteiger partial charge in [-0.2, -0.15) is 0 Å². The second-order valence-corrected chi connectivity index (χ2v) is 6.35. The smallest absolute Gasteiger partial charge is 0.160 e. The molecule has 0 radical (unpaired) electrons. The van der Waals surface area contributed by atoms with E-state index < -0.39 is 0 Å². The van der Waals surface area contributed by atoms with Crippen molar-refractivity contribution in [3.05, 3.63) is 23.8 Å². The van der Waals surface area contributed by atoms with Gasteiger partial charge in [0, 0.05) is 37.7 Å². The van der Waals surface area contributed by atoms with Crippen LogP contribution >= 0.6 is 0 Å². The molecular formula is C16H27N3O. The molecule has 1 N–H and O–H groups in total. The standard InChI is InChI=1S/C16H27N3O/c1-12(2)17-9-14-10-18-15(19-11-14)16(20-4)7-5-6-13(3)8-16/h10-13,17H,5-9H2,1-4H3. The predicted molar refractivity (Wildman–Crippen MR) is 80.3 cm³/mol. The van der Waals surface area contributed by atoms with Gasteiger partial charge in [-0.15, -0.1) is 0 Å². The minimum atomic E-state index is -0.276. The van der Waals surface area contributed by atoms with Gasteiger partial charge in [-0.25, -0.2) is 9.97 Å². The van der Waals surface area contributed by atoms with E-state index in [9.17, 15) is 0 Å². The van der Waals surface area contributed by atoms with Gasteiger partial charge >= 0.3 is 0 Å². The number of nitrogens with zero attached hydrogens (tertiary/aromatic N) is 2. The van der Waals surface area contributed by atoms with Crippen molar-refractivity contribution in [2.45, 2.75) is 64.6 Å². The Labute approximate surface area is 122 Å². The molecule has 1 fully saturated rings. The Bertz CT molecular complexity index is 418. The number of hydrogen-bond acceptors (Lipinski definition) is 4. The first-order valence-electron chi connectivity index (χ1n) is 7.65. The number of methoxy groups -OCH3 is 1. The minimum Gasteiger partial charge on any atom is -0.370 e. The molecular weight excluding hydrogens is 250 g/mol. The van der Waals surface area contributed by atoms with Crippen molar-refractivity contribution in [1.82, 2.24) is 15.3 Å². The van der Waals surface area contributed by atoms with E-state index in [4.69, 9.17) is 4.74 Å². The van der Waals surface area contributed by atoms with Crippen LogP contribution in [0.2, 0.25) is 0 Å². The van der Waals surface area contributed by atoms with Crippen molar-refractivity contribution in [1.29, 1.82) is 0 Å². The molecule has 112 valence electrons. The minimum absolute atomic E-state index is 0.276. The van der Waals surface area contributed by atoms with Gasteiger partial charge in [0.1, 0.15) is 5.60 Å². The summed E-state index contributed by atoms with van der Waals surface area (Å²) < 4.78 is 5.83. The highest BCUT2D eigenvalue weighted by Crippen LogP contribution is 2.40. The Hall–Kier alpha value is -1.00. The monoisotopic (exact) mass is 277 g/mol. The maximum Gasteiger partial charge on any atom is 0.160 e. The third-order valence-electron chi connectivity index (χ3n) is 4.17. The second-order valence-electron chi connectivity index (χ2n) is 6.35. The van der Waals surface area contributed by atoms with E-state index in [1.807, 2.05) is 12.4 Å². The molecule has 4 nitrogen and oxygen atoms in total. The molecule has 0 spiro atoms. The van der Waals surface area contributed by atoms with Crippen LogP contribution in [0, 0.1) is 5.92 Å². The van der Waals surface area contributed by atoms with Crippen LogP contribution in [0.4, 0.5) is 0 Å². The molecule has 2 rings (SSSR count). The largest absolute Gasteiger partial charge is 0.370 e. The van der Waals surface area contributed by atoms with Crippen molar-refractivity contribution in [3.8, 4) is 0 Å². The first-order chi connectivity index (χ1) is 9.55. The molecule has 0 bridgehead atoms. The summed E-state index contributed by atoms with van der Waals surface area (Å²) in [6.45, 7) is 7.37. The van der Waals surface area contributed by atoms with Gasteiger partial charge in [0.2, 0.25) is 0 Å². The Morgan fingerprint density at radius 2 is 2.10 bits per heavy atom. The topological polar surface area (TPSA) is 47.0 Å². The van der Waals surface area contributed by atoms with E-state index in [0.717, 1.165) is 30.8 Å². The summed E-state index contributed by atoms with van der Waals surface area (Å²) >= 11 is 0. The van der Waals surface area contributed by atoms with Crippen LogP contribution in [-0.2, 0) is 16.9 Å². The van der Waals surface area contributed by atoms with E-state index in [-0.39, 0.29) is 5.60 Å². The van der Waals surface area contributed by atoms with E-state index in [1.54, 1.807) is 7.11 Å². The summed E-state index contributed by atoms with van der Waals surface area (Å²) in [5.74, 6) is 1.52. The van der Waals surface area contributed by atoms with Crippen LogP contribution in [-0.4, -0.2) is 23.1 Å². The molecule has 0 aromatic carbocycles. The Balaban J connectivity index is 2.11. The average molecular weight is 277 g/mol. The van der Waals surface area contributed by atoms with Crippen LogP contribution < -0.4 is 5.32 Å². The number of nitrogens with one attached hydrogen (secondary N) is 1. The van der Waals surface area contributed by atoms with Gasteiger partial charge in [0.15, 0.2) is 5.82 Å². The highest BCUT2D eigenvalue weighted by atomic mass is 16.5. The molecule has 2 atom stereocenters. The molecule has 1 aliphatic rings. The zero-order valence-corrected chi connectivity index (χ0v) is 13.1. The van der Waals surface area contributed by atoms with E-state index in [2.05, 4.69) is 36.1 Å². The first-order valence-corrected chi connectivity index (χ1v) is 7.65. The fraction of sp³-hybridized carbons (Fsp3) is 0.750. The molecule has 4 heteroatoms. The van der Waals surface area contributed by atoms with Crippen LogP contribution in [0.1, 0.15) is 57.8 Å². The summed E-state index contributed by atoms with van der Waals surface area (Å²) in [5, 5.41) is 3.38. The lowest BCUT2D eigenvalue weighted by Gasteiger charge is -2.37. The van der Waals surface area contributed by atoms with Crippen LogP contribution in [0.15, 0.2) is 12.4 Å². The van der Waals surface area contributed by atoms with Gasteiger partial charge in [-0.05, 0) is 25.2 Å². The lowest BCUT2D eigenvalue weighted by Crippen LogP contribution is -2.36. The maximum absolute atomic E-state index is 5.83. The average Bonchev–Trinajstić information content (AvgIpc) is 2.45. The summed E-state index contributed by atoms with van der Waals surface area (Å²) in [6, 6.07) is 0.471. The van der Waals surface area contributed by atoms with Gasteiger partial charge in [0.25, 0.3) is 0 Å². The predicted octanol–water partition coefficient (Wildman–Crippen LogP) is 3.03. The second kappa shape index (κ2) is 6.64. The van der Waals surface area contributed by atoms with E-state index >= 15 is 0 Å². The molecule has 2 unspecified atom stereocenters. The van der Waals surface area contributed by atoms with Crippen LogP contribution in [0.3, 0.4) is 0 Å². The first kappa shape index (κ1) is 15.4. The van der Waals surface area contributed by atoms with E-state index in [0.29, 0.717) is 12.0 Å². The number of aromatic nitrogens is 2. The van der Waals surface area contributed by atoms with Crippen molar-refractivity contribution < 1.29 is 4.74 Å². The molecule has 1 aliphatic carbocycles. The van der Waals surface area contributed by atoms with Crippen LogP contribution in [0.25, 0.3) is 0 Å². The fourth-order valence-corrected chi connectivity index (χ4v) is 2.99. The third-order valence-corrected chi connectivity index (χ3v) is 4.17. The summed E-state index contributed by atoms with van der Waals surface area (Å²) in [7, 11) is 1.79. The summed E-state index contributed by atoms with van der Waals surface area (Å²) in [6.07, 6.45) is 8.37. The third kappa shape index (κ3) is 3.55. The number of hydrogen-bond donors (Lipinski definition) is 1. The van der Waals surface area contributed by atoms with Gasteiger partial charge in [-0.1, -0.05) is 27.2 Å². The van der Waals surface area contributed by atoms with Crippen molar-refractivity contribution in [2.24, 2.45) is 5.92 Å². The van der Waals surface area contributed by atoms with Gasteiger partial charge in [-0.3, -0.25) is 0 Å². The van der Waals surface area contributed by atoms with Gasteiger partial charge in [0.05, 0.1) is 0 Å². The Kier molecular flexibility index (Phi) is 5.11. The van der Waals surface area contributed by atoms with E-state index in [1.165, 1.54) is 12.8 Å². The fourth-order valence-electron chi connectivity index (χ4n) is 2.99. The molecule has 1 heterocycles. The number of ether oxygens (including phenoxy) is 1. The van der Waals surface area contributed by atoms with Crippen LogP contribution in [0.5, 0.6) is 0 Å². The molecule has 1 aromatic rings. The summed E-state index contributed by atoms with van der Waals surface area (Å²) in [5.41, 5.74) is 0.847. The zero-order valence-electron chi connectivity index (χ0n) is 13.1. The lowest BCUT2D eigenvalue weighted by molar-refractivity contribution is -0.0646. The normalized spacial score (nSPS) is 26.9. The van der Waals surface area contributed by atoms with Gasteiger partial charge < -0.3 is 10.1 Å². The molecule has 20 heavy (non-hydrogen) atoms. The number of rotatable bonds is 5. The summed E-state index contributed by atoms with van der Waals surface area (Å²) in [4.78, 5) is 9.16. The Morgan fingerprint density at radius 1 is 1.40 bits per heavy atom. The highest BCUT2D eigenvalue weighted by molar-refractivity contribution is 5.11. The SMILES string of the molecule is COC1(c2ncc(CNC(C)C)cn2)CCCC(C)C1. The quantitative estimate of drug-likeness (QED) is 0.898. The molecule has 0 saturated heterocycles. The van der Waals surface area contributed by atoms with Crippen molar-refractivity contribution >= 4 is 0 Å². The van der Waals surface area contributed by atoms with Crippen molar-refractivity contribution in [2.75, 3.05) is 7.11 Å². The maximum atomic E-state index is 5.83. The zero-order chi connectivity index (χ0) is 14.6. The highest BCUT2D eigenvalue weighted by Gasteiger charge is 2.39. The molecule has 0 amide bonds. The molecule has 0 aliphatic heterocycles.